The van der Waals surface area contributed by atoms with Crippen molar-refractivity contribution in [1.29, 1.82) is 0 Å². The number of para-hydroxylation sites is 1. The first-order chi connectivity index (χ1) is 9.27. The van der Waals surface area contributed by atoms with Gasteiger partial charge in [0.05, 0.1) is 26.9 Å². The average Bonchev–Trinajstić information content (AvgIpc) is 2.45. The molecule has 2 amide bonds. The molecule has 0 atom stereocenters. The van der Waals surface area contributed by atoms with E-state index >= 15 is 0 Å². The van der Waals surface area contributed by atoms with Gasteiger partial charge in [-0.2, -0.15) is 0 Å². The molecular weight excluding hydrogens is 248 g/mol. The third-order valence-corrected chi connectivity index (χ3v) is 2.40. The van der Waals surface area contributed by atoms with Crippen LogP contribution in [0.25, 0.3) is 0 Å². The van der Waals surface area contributed by atoms with Crippen LogP contribution >= 0.6 is 0 Å². The van der Waals surface area contributed by atoms with Crippen molar-refractivity contribution in [1.82, 2.24) is 10.6 Å². The van der Waals surface area contributed by atoms with E-state index in [-0.39, 0.29) is 19.2 Å². The van der Waals surface area contributed by atoms with Crippen LogP contribution in [0.5, 0.6) is 5.75 Å². The first-order valence-corrected chi connectivity index (χ1v) is 6.10. The van der Waals surface area contributed by atoms with Gasteiger partial charge in [0, 0.05) is 18.7 Å². The molecule has 19 heavy (non-hydrogen) atoms. The number of hydrogen-bond acceptors (Lipinski definition) is 4. The van der Waals surface area contributed by atoms with Crippen LogP contribution in [-0.2, 0) is 11.3 Å². The second-order valence-corrected chi connectivity index (χ2v) is 3.76. The quantitative estimate of drug-likeness (QED) is 0.600. The van der Waals surface area contributed by atoms with Crippen LogP contribution in [0, 0.1) is 0 Å². The highest BCUT2D eigenvalue weighted by Gasteiger charge is 2.03. The molecule has 0 radical (unpaired) electrons. The lowest BCUT2D eigenvalue weighted by Crippen LogP contribution is -2.37. The molecule has 3 N–H and O–H groups in total. The van der Waals surface area contributed by atoms with Crippen molar-refractivity contribution in [2.45, 2.75) is 6.54 Å². The number of carbonyl (C=O) groups is 1. The minimum absolute atomic E-state index is 0.0139. The van der Waals surface area contributed by atoms with Crippen molar-refractivity contribution < 1.29 is 19.4 Å². The SMILES string of the molecule is COc1ccccc1CNC(=O)NCCOCCO. The Balaban J connectivity index is 2.22. The van der Waals surface area contributed by atoms with Crippen molar-refractivity contribution in [3.8, 4) is 5.75 Å². The predicted molar refractivity (Wildman–Crippen MR) is 71.1 cm³/mol. The van der Waals surface area contributed by atoms with Crippen LogP contribution < -0.4 is 15.4 Å². The highest BCUT2D eigenvalue weighted by atomic mass is 16.5. The molecule has 0 heterocycles. The number of urea groups is 1. The van der Waals surface area contributed by atoms with Crippen molar-refractivity contribution in [3.05, 3.63) is 29.8 Å². The number of methoxy groups -OCH3 is 1. The summed E-state index contributed by atoms with van der Waals surface area (Å²) in [6.07, 6.45) is 0. The third kappa shape index (κ3) is 6.08. The Morgan fingerprint density at radius 1 is 1.26 bits per heavy atom. The smallest absolute Gasteiger partial charge is 0.315 e. The zero-order valence-corrected chi connectivity index (χ0v) is 11.0. The van der Waals surface area contributed by atoms with Crippen LogP contribution in [0.3, 0.4) is 0 Å². The minimum Gasteiger partial charge on any atom is -0.496 e. The Morgan fingerprint density at radius 2 is 2.05 bits per heavy atom. The Kier molecular flexibility index (Phi) is 7.38. The number of aliphatic hydroxyl groups excluding tert-OH is 1. The lowest BCUT2D eigenvalue weighted by molar-refractivity contribution is 0.0947. The maximum absolute atomic E-state index is 11.5. The fourth-order valence-corrected chi connectivity index (χ4v) is 1.49. The standard InChI is InChI=1S/C13H20N2O4/c1-18-12-5-3-2-4-11(12)10-15-13(17)14-6-8-19-9-7-16/h2-5,16H,6-10H2,1H3,(H2,14,15,17). The average molecular weight is 268 g/mol. The van der Waals surface area contributed by atoms with Gasteiger partial charge in [-0.3, -0.25) is 0 Å². The fraction of sp³-hybridized carbons (Fsp3) is 0.462. The van der Waals surface area contributed by atoms with Gasteiger partial charge in [-0.1, -0.05) is 18.2 Å². The number of benzene rings is 1. The summed E-state index contributed by atoms with van der Waals surface area (Å²) in [4.78, 5) is 11.5. The van der Waals surface area contributed by atoms with Crippen LogP contribution in [0.15, 0.2) is 24.3 Å². The van der Waals surface area contributed by atoms with Gasteiger partial charge < -0.3 is 25.2 Å². The van der Waals surface area contributed by atoms with E-state index in [1.165, 1.54) is 0 Å². The first kappa shape index (κ1) is 15.3. The largest absolute Gasteiger partial charge is 0.496 e. The van der Waals surface area contributed by atoms with Crippen molar-refractivity contribution in [2.75, 3.05) is 33.5 Å². The summed E-state index contributed by atoms with van der Waals surface area (Å²) in [5, 5.41) is 13.9. The highest BCUT2D eigenvalue weighted by molar-refractivity contribution is 5.73. The van der Waals surface area contributed by atoms with Crippen LogP contribution in [0.2, 0.25) is 0 Å². The summed E-state index contributed by atoms with van der Waals surface area (Å²) >= 11 is 0. The van der Waals surface area contributed by atoms with Crippen LogP contribution in [-0.4, -0.2) is 44.6 Å². The van der Waals surface area contributed by atoms with Crippen molar-refractivity contribution >= 4 is 6.03 Å². The Morgan fingerprint density at radius 3 is 2.79 bits per heavy atom. The summed E-state index contributed by atoms with van der Waals surface area (Å²) < 4.78 is 10.2. The van der Waals surface area contributed by atoms with Gasteiger partial charge in [0.15, 0.2) is 0 Å². The first-order valence-electron chi connectivity index (χ1n) is 6.10. The molecule has 0 aliphatic rings. The number of aliphatic hydroxyl groups is 1. The number of rotatable bonds is 8. The highest BCUT2D eigenvalue weighted by Crippen LogP contribution is 2.16. The molecule has 0 aliphatic heterocycles. The lowest BCUT2D eigenvalue weighted by atomic mass is 10.2. The maximum atomic E-state index is 11.5. The van der Waals surface area contributed by atoms with Gasteiger partial charge in [-0.05, 0) is 6.07 Å². The van der Waals surface area contributed by atoms with Crippen LogP contribution in [0.1, 0.15) is 5.56 Å². The molecule has 0 unspecified atom stereocenters. The van der Waals surface area contributed by atoms with Gasteiger partial charge in [0.25, 0.3) is 0 Å². The summed E-state index contributed by atoms with van der Waals surface area (Å²) in [6.45, 7) is 1.44. The predicted octanol–water partition coefficient (Wildman–Crippen LogP) is 0.503. The lowest BCUT2D eigenvalue weighted by Gasteiger charge is -2.10. The van der Waals surface area contributed by atoms with E-state index in [1.54, 1.807) is 7.11 Å². The fourth-order valence-electron chi connectivity index (χ4n) is 1.49. The summed E-state index contributed by atoms with van der Waals surface area (Å²) in [5.41, 5.74) is 0.914. The molecule has 106 valence electrons. The Bertz CT molecular complexity index is 385. The van der Waals surface area contributed by atoms with Gasteiger partial charge in [-0.25, -0.2) is 4.79 Å². The number of nitrogens with one attached hydrogen (secondary N) is 2. The summed E-state index contributed by atoms with van der Waals surface area (Å²) in [6, 6.07) is 7.24. The second kappa shape index (κ2) is 9.18. The van der Waals surface area contributed by atoms with Crippen LogP contribution in [0.4, 0.5) is 4.79 Å². The number of hydrogen-bond donors (Lipinski definition) is 3. The summed E-state index contributed by atoms with van der Waals surface area (Å²) in [7, 11) is 1.59. The van der Waals surface area contributed by atoms with E-state index in [0.717, 1.165) is 11.3 Å². The van der Waals surface area contributed by atoms with Gasteiger partial charge in [0.1, 0.15) is 5.75 Å². The molecule has 1 rings (SSSR count). The number of amides is 2. The van der Waals surface area contributed by atoms with Gasteiger partial charge >= 0.3 is 6.03 Å². The number of ether oxygens (including phenoxy) is 2. The van der Waals surface area contributed by atoms with E-state index in [4.69, 9.17) is 14.6 Å². The van der Waals surface area contributed by atoms with E-state index in [2.05, 4.69) is 10.6 Å². The molecule has 0 fully saturated rings. The number of carbonyl (C=O) groups excluding carboxylic acids is 1. The molecule has 6 nitrogen and oxygen atoms in total. The molecule has 0 aliphatic carbocycles. The molecule has 6 heteroatoms. The van der Waals surface area contributed by atoms with Crippen molar-refractivity contribution in [3.63, 3.8) is 0 Å². The van der Waals surface area contributed by atoms with E-state index in [0.29, 0.717) is 19.7 Å². The zero-order valence-electron chi connectivity index (χ0n) is 11.0. The van der Waals surface area contributed by atoms with Gasteiger partial charge in [-0.15, -0.1) is 0 Å². The molecule has 0 bridgehead atoms. The molecule has 0 saturated carbocycles. The van der Waals surface area contributed by atoms with Crippen molar-refractivity contribution in [2.24, 2.45) is 0 Å². The van der Waals surface area contributed by atoms with E-state index in [1.807, 2.05) is 24.3 Å². The Hall–Kier alpha value is -1.79. The molecular formula is C13H20N2O4. The van der Waals surface area contributed by atoms with E-state index in [9.17, 15) is 4.79 Å². The Labute approximate surface area is 112 Å². The zero-order chi connectivity index (χ0) is 13.9. The van der Waals surface area contributed by atoms with E-state index < -0.39 is 0 Å². The normalized spacial score (nSPS) is 10.0. The molecule has 0 spiro atoms. The molecule has 0 saturated heterocycles. The minimum atomic E-state index is -0.265. The van der Waals surface area contributed by atoms with Gasteiger partial charge in [0.2, 0.25) is 0 Å². The topological polar surface area (TPSA) is 79.8 Å². The molecule has 1 aromatic rings. The second-order valence-electron chi connectivity index (χ2n) is 3.76. The monoisotopic (exact) mass is 268 g/mol. The molecule has 1 aromatic carbocycles. The maximum Gasteiger partial charge on any atom is 0.315 e. The third-order valence-electron chi connectivity index (χ3n) is 2.40. The molecule has 0 aromatic heterocycles. The summed E-state index contributed by atoms with van der Waals surface area (Å²) in [5.74, 6) is 0.745.